The summed E-state index contributed by atoms with van der Waals surface area (Å²) in [5, 5.41) is 0. The highest BCUT2D eigenvalue weighted by Gasteiger charge is 2.24. The normalized spacial score (nSPS) is 22.5. The van der Waals surface area contributed by atoms with Crippen molar-refractivity contribution in [2.45, 2.75) is 32.9 Å². The molecule has 1 saturated heterocycles. The Labute approximate surface area is 92.2 Å². The fourth-order valence-corrected chi connectivity index (χ4v) is 1.58. The van der Waals surface area contributed by atoms with Crippen LogP contribution in [-0.4, -0.2) is 61.1 Å². The van der Waals surface area contributed by atoms with Crippen LogP contribution in [0.5, 0.6) is 0 Å². The first-order valence-electron chi connectivity index (χ1n) is 5.60. The molecule has 0 bridgehead atoms. The Morgan fingerprint density at radius 3 is 2.80 bits per heavy atom. The Hall–Kier alpha value is -0.610. The van der Waals surface area contributed by atoms with Crippen LogP contribution in [-0.2, 0) is 9.53 Å². The number of carbonyl (C=O) groups is 1. The molecule has 4 heteroatoms. The molecule has 1 rings (SSSR count). The first kappa shape index (κ1) is 12.5. The number of likely N-dealkylation sites (N-methyl/N-ethyl adjacent to an activating group) is 1. The van der Waals surface area contributed by atoms with Gasteiger partial charge in [0.1, 0.15) is 0 Å². The number of rotatable bonds is 3. The number of carbonyl (C=O) groups excluding carboxylic acids is 1. The van der Waals surface area contributed by atoms with E-state index in [2.05, 4.69) is 18.7 Å². The summed E-state index contributed by atoms with van der Waals surface area (Å²) in [5.41, 5.74) is 0. The molecule has 0 saturated carbocycles. The molecule has 0 radical (unpaired) electrons. The Kier molecular flexibility index (Phi) is 4.54. The molecule has 0 aliphatic carbocycles. The van der Waals surface area contributed by atoms with Gasteiger partial charge in [-0.15, -0.1) is 0 Å². The third kappa shape index (κ3) is 3.47. The summed E-state index contributed by atoms with van der Waals surface area (Å²) in [5.74, 6) is 0.210. The van der Waals surface area contributed by atoms with Crippen LogP contribution >= 0.6 is 0 Å². The molecule has 4 nitrogen and oxygen atoms in total. The quantitative estimate of drug-likeness (QED) is 0.689. The smallest absolute Gasteiger partial charge is 0.237 e. The van der Waals surface area contributed by atoms with Crippen molar-refractivity contribution in [2.24, 2.45) is 0 Å². The van der Waals surface area contributed by atoms with E-state index in [1.54, 1.807) is 0 Å². The molecule has 0 spiro atoms. The number of hydrogen-bond acceptors (Lipinski definition) is 3. The fourth-order valence-electron chi connectivity index (χ4n) is 1.58. The summed E-state index contributed by atoms with van der Waals surface area (Å²) in [4.78, 5) is 15.9. The summed E-state index contributed by atoms with van der Waals surface area (Å²) in [6, 6.07) is 0.622. The maximum absolute atomic E-state index is 12.0. The lowest BCUT2D eigenvalue weighted by Gasteiger charge is -2.35. The van der Waals surface area contributed by atoms with Crippen molar-refractivity contribution in [2.75, 3.05) is 33.4 Å². The zero-order valence-corrected chi connectivity index (χ0v) is 10.2. The molecule has 1 heterocycles. The number of morpholine rings is 1. The monoisotopic (exact) mass is 214 g/mol. The van der Waals surface area contributed by atoms with E-state index < -0.39 is 0 Å². The predicted octanol–water partition coefficient (Wildman–Crippen LogP) is 0.574. The fraction of sp³-hybridized carbons (Fsp3) is 0.909. The molecule has 1 aliphatic heterocycles. The molecule has 1 unspecified atom stereocenters. The van der Waals surface area contributed by atoms with E-state index >= 15 is 0 Å². The Morgan fingerprint density at radius 1 is 1.60 bits per heavy atom. The molecule has 1 amide bonds. The highest BCUT2D eigenvalue weighted by Crippen LogP contribution is 2.07. The molecular formula is C11H22N2O2. The van der Waals surface area contributed by atoms with Gasteiger partial charge in [0.05, 0.1) is 25.8 Å². The van der Waals surface area contributed by atoms with E-state index in [0.29, 0.717) is 25.8 Å². The lowest BCUT2D eigenvalue weighted by atomic mass is 10.2. The lowest BCUT2D eigenvalue weighted by molar-refractivity contribution is -0.140. The number of ether oxygens (including phenoxy) is 1. The van der Waals surface area contributed by atoms with E-state index in [-0.39, 0.29) is 11.9 Å². The van der Waals surface area contributed by atoms with Crippen LogP contribution in [0.15, 0.2) is 0 Å². The average Bonchev–Trinajstić information content (AvgIpc) is 2.18. The van der Waals surface area contributed by atoms with Crippen LogP contribution in [0, 0.1) is 0 Å². The summed E-state index contributed by atoms with van der Waals surface area (Å²) < 4.78 is 5.31. The van der Waals surface area contributed by atoms with Crippen molar-refractivity contribution in [3.05, 3.63) is 0 Å². The van der Waals surface area contributed by atoms with Crippen molar-refractivity contribution >= 4 is 5.91 Å². The minimum absolute atomic E-state index is 0.210. The summed E-state index contributed by atoms with van der Waals surface area (Å²) in [6.07, 6.45) is 0. The van der Waals surface area contributed by atoms with Crippen LogP contribution in [0.25, 0.3) is 0 Å². The van der Waals surface area contributed by atoms with Crippen molar-refractivity contribution in [3.8, 4) is 0 Å². The van der Waals surface area contributed by atoms with Gasteiger partial charge < -0.3 is 9.64 Å². The molecule has 0 N–H and O–H groups in total. The zero-order valence-electron chi connectivity index (χ0n) is 10.2. The lowest BCUT2D eigenvalue weighted by Crippen LogP contribution is -2.50. The standard InChI is InChI=1S/C11H22N2O2/c1-9(2)12(4)7-11(14)13-5-6-15-8-10(13)3/h9-10H,5-8H2,1-4H3. The van der Waals surface area contributed by atoms with E-state index in [0.717, 1.165) is 6.54 Å². The van der Waals surface area contributed by atoms with Crippen LogP contribution in [0.3, 0.4) is 0 Å². The van der Waals surface area contributed by atoms with Gasteiger partial charge in [-0.2, -0.15) is 0 Å². The van der Waals surface area contributed by atoms with Gasteiger partial charge in [0, 0.05) is 12.6 Å². The SMILES string of the molecule is CC(C)N(C)CC(=O)N1CCOCC1C. The van der Waals surface area contributed by atoms with Crippen molar-refractivity contribution in [3.63, 3.8) is 0 Å². The maximum Gasteiger partial charge on any atom is 0.237 e. The van der Waals surface area contributed by atoms with Crippen LogP contribution < -0.4 is 0 Å². The number of hydrogen-bond donors (Lipinski definition) is 0. The average molecular weight is 214 g/mol. The van der Waals surface area contributed by atoms with E-state index in [4.69, 9.17) is 4.74 Å². The summed E-state index contributed by atoms with van der Waals surface area (Å²) >= 11 is 0. The van der Waals surface area contributed by atoms with Gasteiger partial charge in [0.15, 0.2) is 0 Å². The van der Waals surface area contributed by atoms with Gasteiger partial charge in [-0.1, -0.05) is 0 Å². The predicted molar refractivity (Wildman–Crippen MR) is 59.8 cm³/mol. The highest BCUT2D eigenvalue weighted by molar-refractivity contribution is 5.78. The van der Waals surface area contributed by atoms with Gasteiger partial charge in [-0.25, -0.2) is 0 Å². The molecule has 0 aromatic heterocycles. The third-order valence-electron chi connectivity index (χ3n) is 2.95. The van der Waals surface area contributed by atoms with Gasteiger partial charge in [0.25, 0.3) is 0 Å². The van der Waals surface area contributed by atoms with Crippen LogP contribution in [0.4, 0.5) is 0 Å². The van der Waals surface area contributed by atoms with Gasteiger partial charge in [-0.05, 0) is 27.8 Å². The largest absolute Gasteiger partial charge is 0.377 e. The van der Waals surface area contributed by atoms with Crippen molar-refractivity contribution in [1.82, 2.24) is 9.80 Å². The Bertz CT molecular complexity index is 219. The number of nitrogens with zero attached hydrogens (tertiary/aromatic N) is 2. The molecule has 1 fully saturated rings. The van der Waals surface area contributed by atoms with E-state index in [9.17, 15) is 4.79 Å². The Balaban J connectivity index is 2.45. The maximum atomic E-state index is 12.0. The molecular weight excluding hydrogens is 192 g/mol. The molecule has 1 atom stereocenters. The minimum Gasteiger partial charge on any atom is -0.377 e. The van der Waals surface area contributed by atoms with Crippen molar-refractivity contribution < 1.29 is 9.53 Å². The van der Waals surface area contributed by atoms with E-state index in [1.807, 2.05) is 18.9 Å². The summed E-state index contributed by atoms with van der Waals surface area (Å²) in [6.45, 7) is 8.78. The van der Waals surface area contributed by atoms with Gasteiger partial charge in [0.2, 0.25) is 5.91 Å². The summed E-state index contributed by atoms with van der Waals surface area (Å²) in [7, 11) is 1.98. The second kappa shape index (κ2) is 5.47. The molecule has 0 aromatic rings. The van der Waals surface area contributed by atoms with Crippen LogP contribution in [0.2, 0.25) is 0 Å². The molecule has 1 aliphatic rings. The van der Waals surface area contributed by atoms with Crippen molar-refractivity contribution in [1.29, 1.82) is 0 Å². The minimum atomic E-state index is 0.210. The Morgan fingerprint density at radius 2 is 2.27 bits per heavy atom. The topological polar surface area (TPSA) is 32.8 Å². The first-order chi connectivity index (χ1) is 7.02. The zero-order chi connectivity index (χ0) is 11.4. The second-order valence-electron chi connectivity index (χ2n) is 4.52. The number of amides is 1. The first-order valence-corrected chi connectivity index (χ1v) is 5.60. The second-order valence-corrected chi connectivity index (χ2v) is 4.52. The molecule has 0 aromatic carbocycles. The third-order valence-corrected chi connectivity index (χ3v) is 2.95. The van der Waals surface area contributed by atoms with E-state index in [1.165, 1.54) is 0 Å². The van der Waals surface area contributed by atoms with Crippen LogP contribution in [0.1, 0.15) is 20.8 Å². The highest BCUT2D eigenvalue weighted by atomic mass is 16.5. The molecule has 88 valence electrons. The van der Waals surface area contributed by atoms with Gasteiger partial charge in [-0.3, -0.25) is 9.69 Å². The van der Waals surface area contributed by atoms with Gasteiger partial charge >= 0.3 is 0 Å². The molecule has 15 heavy (non-hydrogen) atoms.